The van der Waals surface area contributed by atoms with Gasteiger partial charge in [-0.05, 0) is 26.2 Å². The van der Waals surface area contributed by atoms with Gasteiger partial charge in [-0.25, -0.2) is 9.59 Å². The van der Waals surface area contributed by atoms with Crippen molar-refractivity contribution in [2.45, 2.75) is 44.3 Å². The molecule has 2 fully saturated rings. The van der Waals surface area contributed by atoms with E-state index in [0.29, 0.717) is 0 Å². The van der Waals surface area contributed by atoms with Crippen LogP contribution in [0.25, 0.3) is 0 Å². The van der Waals surface area contributed by atoms with Crippen LogP contribution < -0.4 is 5.32 Å². The number of urea groups is 1. The number of hydrogen-bond acceptors (Lipinski definition) is 3. The molecule has 0 saturated carbocycles. The average Bonchev–Trinajstić information content (AvgIpc) is 2.56. The van der Waals surface area contributed by atoms with Gasteiger partial charge in [0, 0.05) is 6.04 Å². The first kappa shape index (κ1) is 10.3. The monoisotopic (exact) mass is 212 g/mol. The Bertz CT molecular complexity index is 292. The van der Waals surface area contributed by atoms with Gasteiger partial charge in [0.2, 0.25) is 0 Å². The van der Waals surface area contributed by atoms with Gasteiger partial charge in [-0.3, -0.25) is 0 Å². The number of hydrogen-bond donors (Lipinski definition) is 1. The Labute approximate surface area is 88.8 Å². The van der Waals surface area contributed by atoms with E-state index in [1.54, 1.807) is 4.90 Å². The number of esters is 1. The highest BCUT2D eigenvalue weighted by molar-refractivity contribution is 5.88. The van der Waals surface area contributed by atoms with Crippen LogP contribution in [0.1, 0.15) is 26.2 Å². The minimum absolute atomic E-state index is 0.0197. The van der Waals surface area contributed by atoms with E-state index in [1.165, 1.54) is 7.11 Å². The van der Waals surface area contributed by atoms with Crippen molar-refractivity contribution in [3.8, 4) is 0 Å². The first-order valence-corrected chi connectivity index (χ1v) is 5.32. The van der Waals surface area contributed by atoms with Gasteiger partial charge in [0.05, 0.1) is 13.2 Å². The molecule has 2 aliphatic heterocycles. The molecule has 0 aromatic carbocycles. The number of amides is 2. The zero-order valence-electron chi connectivity index (χ0n) is 9.03. The summed E-state index contributed by atoms with van der Waals surface area (Å²) in [4.78, 5) is 24.9. The summed E-state index contributed by atoms with van der Waals surface area (Å²) in [5, 5.41) is 2.69. The molecule has 5 nitrogen and oxygen atoms in total. The molecule has 15 heavy (non-hydrogen) atoms. The fourth-order valence-electron chi connectivity index (χ4n) is 2.55. The number of nitrogens with one attached hydrogen (secondary N) is 1. The Morgan fingerprint density at radius 1 is 1.53 bits per heavy atom. The van der Waals surface area contributed by atoms with Gasteiger partial charge in [0.15, 0.2) is 0 Å². The third-order valence-corrected chi connectivity index (χ3v) is 3.31. The molecule has 0 aliphatic carbocycles. The van der Waals surface area contributed by atoms with Gasteiger partial charge in [-0.1, -0.05) is 0 Å². The number of piperidine rings is 1. The highest BCUT2D eigenvalue weighted by Gasteiger charge is 2.47. The quantitative estimate of drug-likeness (QED) is 0.644. The lowest BCUT2D eigenvalue weighted by Gasteiger charge is -2.35. The topological polar surface area (TPSA) is 58.6 Å². The maximum atomic E-state index is 11.7. The molecule has 2 rings (SSSR count). The molecule has 0 spiro atoms. The van der Waals surface area contributed by atoms with Crippen molar-refractivity contribution >= 4 is 12.0 Å². The molecule has 0 aromatic rings. The van der Waals surface area contributed by atoms with Crippen molar-refractivity contribution in [2.75, 3.05) is 7.11 Å². The predicted molar refractivity (Wildman–Crippen MR) is 53.3 cm³/mol. The largest absolute Gasteiger partial charge is 0.467 e. The molecule has 2 aliphatic rings. The van der Waals surface area contributed by atoms with Gasteiger partial charge in [-0.2, -0.15) is 0 Å². The first-order chi connectivity index (χ1) is 7.15. The van der Waals surface area contributed by atoms with E-state index in [9.17, 15) is 9.59 Å². The fourth-order valence-corrected chi connectivity index (χ4v) is 2.55. The molecule has 5 heteroatoms. The van der Waals surface area contributed by atoms with Gasteiger partial charge in [-0.15, -0.1) is 0 Å². The molecule has 1 N–H and O–H groups in total. The van der Waals surface area contributed by atoms with Crippen molar-refractivity contribution in [2.24, 2.45) is 0 Å². The van der Waals surface area contributed by atoms with Crippen LogP contribution in [0.4, 0.5) is 4.79 Å². The van der Waals surface area contributed by atoms with E-state index >= 15 is 0 Å². The number of ether oxygens (including phenoxy) is 1. The van der Waals surface area contributed by atoms with Gasteiger partial charge in [0.25, 0.3) is 0 Å². The van der Waals surface area contributed by atoms with E-state index < -0.39 is 6.04 Å². The molecular formula is C10H16N2O3. The lowest BCUT2D eigenvalue weighted by atomic mass is 9.94. The smallest absolute Gasteiger partial charge is 0.330 e. The van der Waals surface area contributed by atoms with Gasteiger partial charge in [0.1, 0.15) is 6.04 Å². The number of methoxy groups -OCH3 is 1. The maximum Gasteiger partial charge on any atom is 0.330 e. The number of fused-ring (bicyclic) bond motifs is 1. The van der Waals surface area contributed by atoms with Crippen molar-refractivity contribution in [3.05, 3.63) is 0 Å². The van der Waals surface area contributed by atoms with Crippen LogP contribution in [-0.2, 0) is 9.53 Å². The molecule has 2 amide bonds. The third-order valence-electron chi connectivity index (χ3n) is 3.31. The minimum Gasteiger partial charge on any atom is -0.467 e. The first-order valence-electron chi connectivity index (χ1n) is 5.32. The Morgan fingerprint density at radius 2 is 2.27 bits per heavy atom. The summed E-state index contributed by atoms with van der Waals surface area (Å²) in [6.07, 6.45) is 2.95. The summed E-state index contributed by atoms with van der Waals surface area (Å²) < 4.78 is 4.69. The highest BCUT2D eigenvalue weighted by atomic mass is 16.5. The molecular weight excluding hydrogens is 196 g/mol. The molecule has 84 valence electrons. The number of nitrogens with zero attached hydrogens (tertiary/aromatic N) is 1. The van der Waals surface area contributed by atoms with Crippen molar-refractivity contribution in [1.82, 2.24) is 10.2 Å². The van der Waals surface area contributed by atoms with Crippen LogP contribution >= 0.6 is 0 Å². The SMILES string of the molecule is COC(=O)[C@@H]1NC(=O)N2[C@H](C)CCC[C@@H]12. The molecule has 0 unspecified atom stereocenters. The van der Waals surface area contributed by atoms with Crippen LogP contribution in [0.15, 0.2) is 0 Å². The van der Waals surface area contributed by atoms with Crippen LogP contribution in [0.5, 0.6) is 0 Å². The lowest BCUT2D eigenvalue weighted by Crippen LogP contribution is -2.47. The molecule has 2 saturated heterocycles. The third kappa shape index (κ3) is 1.56. The van der Waals surface area contributed by atoms with E-state index in [0.717, 1.165) is 19.3 Å². The van der Waals surface area contributed by atoms with Crippen LogP contribution in [0.3, 0.4) is 0 Å². The van der Waals surface area contributed by atoms with Crippen LogP contribution in [0.2, 0.25) is 0 Å². The van der Waals surface area contributed by atoms with Crippen LogP contribution in [-0.4, -0.2) is 42.1 Å². The van der Waals surface area contributed by atoms with Gasteiger partial charge >= 0.3 is 12.0 Å². The summed E-state index contributed by atoms with van der Waals surface area (Å²) in [7, 11) is 1.35. The van der Waals surface area contributed by atoms with E-state index in [1.807, 2.05) is 6.92 Å². The summed E-state index contributed by atoms with van der Waals surface area (Å²) in [6.45, 7) is 2.02. The van der Waals surface area contributed by atoms with E-state index in [2.05, 4.69) is 10.1 Å². The molecule has 0 aromatic heterocycles. The predicted octanol–water partition coefficient (Wildman–Crippen LogP) is 0.494. The Morgan fingerprint density at radius 3 is 2.93 bits per heavy atom. The van der Waals surface area contributed by atoms with E-state index in [4.69, 9.17) is 0 Å². The number of rotatable bonds is 1. The summed E-state index contributed by atoms with van der Waals surface area (Å²) in [5.74, 6) is -0.343. The standard InChI is InChI=1S/C10H16N2O3/c1-6-4-3-5-7-8(9(13)15-2)11-10(14)12(6)7/h6-8H,3-5H2,1-2H3,(H,11,14)/t6-,7+,8-/m1/s1. The zero-order valence-corrected chi connectivity index (χ0v) is 9.03. The summed E-state index contributed by atoms with van der Waals surface area (Å²) in [6, 6.07) is -0.417. The average molecular weight is 212 g/mol. The Balaban J connectivity index is 2.18. The van der Waals surface area contributed by atoms with E-state index in [-0.39, 0.29) is 24.1 Å². The van der Waals surface area contributed by atoms with Crippen molar-refractivity contribution < 1.29 is 14.3 Å². The molecule has 0 bridgehead atoms. The second kappa shape index (κ2) is 3.72. The minimum atomic E-state index is -0.481. The van der Waals surface area contributed by atoms with Crippen LogP contribution in [0, 0.1) is 0 Å². The lowest BCUT2D eigenvalue weighted by molar-refractivity contribution is -0.143. The molecule has 2 heterocycles. The highest BCUT2D eigenvalue weighted by Crippen LogP contribution is 2.29. The molecule has 3 atom stereocenters. The van der Waals surface area contributed by atoms with Crippen molar-refractivity contribution in [3.63, 3.8) is 0 Å². The maximum absolute atomic E-state index is 11.7. The number of carbonyl (C=O) groups is 2. The van der Waals surface area contributed by atoms with Crippen molar-refractivity contribution in [1.29, 1.82) is 0 Å². The molecule has 0 radical (unpaired) electrons. The fraction of sp³-hybridized carbons (Fsp3) is 0.800. The zero-order chi connectivity index (χ0) is 11.0. The Hall–Kier alpha value is -1.26. The second-order valence-electron chi connectivity index (χ2n) is 4.20. The second-order valence-corrected chi connectivity index (χ2v) is 4.20. The normalized spacial score (nSPS) is 34.7. The Kier molecular flexibility index (Phi) is 2.54. The summed E-state index contributed by atoms with van der Waals surface area (Å²) in [5.41, 5.74) is 0. The summed E-state index contributed by atoms with van der Waals surface area (Å²) >= 11 is 0. The van der Waals surface area contributed by atoms with Gasteiger partial charge < -0.3 is 15.0 Å². The number of carbonyl (C=O) groups excluding carboxylic acids is 2.